The minimum Gasteiger partial charge on any atom is -0.440 e. The maximum absolute atomic E-state index is 12.3. The lowest BCUT2D eigenvalue weighted by molar-refractivity contribution is -0.116. The zero-order valence-electron chi connectivity index (χ0n) is 15.8. The molecule has 0 saturated carbocycles. The van der Waals surface area contributed by atoms with Gasteiger partial charge in [0, 0.05) is 24.6 Å². The molecule has 1 aromatic heterocycles. The molecule has 148 valence electrons. The predicted molar refractivity (Wildman–Crippen MR) is 114 cm³/mol. The van der Waals surface area contributed by atoms with Gasteiger partial charge < -0.3 is 15.1 Å². The molecule has 3 aromatic rings. The van der Waals surface area contributed by atoms with Crippen LogP contribution in [-0.4, -0.2) is 24.0 Å². The third kappa shape index (κ3) is 5.33. The van der Waals surface area contributed by atoms with Crippen LogP contribution in [0.3, 0.4) is 0 Å². The van der Waals surface area contributed by atoms with Crippen LogP contribution in [0.15, 0.2) is 52.9 Å². The fourth-order valence-corrected chi connectivity index (χ4v) is 3.63. The largest absolute Gasteiger partial charge is 0.440 e. The first-order valence-electron chi connectivity index (χ1n) is 9.70. The van der Waals surface area contributed by atoms with E-state index >= 15 is 0 Å². The molecule has 1 saturated heterocycles. The van der Waals surface area contributed by atoms with Crippen molar-refractivity contribution in [2.75, 3.05) is 18.4 Å². The van der Waals surface area contributed by atoms with E-state index in [1.165, 1.54) is 12.8 Å². The highest BCUT2D eigenvalue weighted by atomic mass is 35.5. The summed E-state index contributed by atoms with van der Waals surface area (Å²) in [4.78, 5) is 16.8. The van der Waals surface area contributed by atoms with Gasteiger partial charge in [0.15, 0.2) is 11.5 Å². The molecule has 0 aliphatic carbocycles. The van der Waals surface area contributed by atoms with Crippen molar-refractivity contribution < 1.29 is 9.21 Å². The second kappa shape index (κ2) is 9.71. The number of piperidine rings is 1. The number of rotatable bonds is 6. The van der Waals surface area contributed by atoms with E-state index in [9.17, 15) is 4.79 Å². The maximum atomic E-state index is 12.3. The zero-order valence-corrected chi connectivity index (χ0v) is 16.6. The fourth-order valence-electron chi connectivity index (χ4n) is 3.63. The molecule has 1 aliphatic rings. The second-order valence-electron chi connectivity index (χ2n) is 7.23. The second-order valence-corrected chi connectivity index (χ2v) is 7.23. The van der Waals surface area contributed by atoms with E-state index in [2.05, 4.69) is 27.8 Å². The number of benzene rings is 2. The summed E-state index contributed by atoms with van der Waals surface area (Å²) in [6, 6.07) is 15.8. The minimum atomic E-state index is 0. The number of anilines is 1. The van der Waals surface area contributed by atoms with Crippen LogP contribution in [-0.2, 0) is 11.2 Å². The molecule has 2 N–H and O–H groups in total. The van der Waals surface area contributed by atoms with Crippen molar-refractivity contribution in [2.24, 2.45) is 5.92 Å². The van der Waals surface area contributed by atoms with Gasteiger partial charge in [-0.25, -0.2) is 4.98 Å². The fraction of sp³-hybridized carbons (Fsp3) is 0.364. The van der Waals surface area contributed by atoms with Crippen LogP contribution in [0.25, 0.3) is 11.1 Å². The number of oxazole rings is 1. The van der Waals surface area contributed by atoms with Gasteiger partial charge in [0.2, 0.25) is 5.91 Å². The van der Waals surface area contributed by atoms with Crippen molar-refractivity contribution in [2.45, 2.75) is 32.1 Å². The van der Waals surface area contributed by atoms with Crippen LogP contribution >= 0.6 is 12.4 Å². The lowest BCUT2D eigenvalue weighted by Gasteiger charge is -2.22. The van der Waals surface area contributed by atoms with Gasteiger partial charge in [0.25, 0.3) is 0 Å². The predicted octanol–water partition coefficient (Wildman–Crippen LogP) is 4.56. The van der Waals surface area contributed by atoms with Crippen molar-refractivity contribution in [3.8, 4) is 0 Å². The van der Waals surface area contributed by atoms with Gasteiger partial charge in [0.1, 0.15) is 5.52 Å². The summed E-state index contributed by atoms with van der Waals surface area (Å²) in [7, 11) is 0. The van der Waals surface area contributed by atoms with Gasteiger partial charge in [-0.05, 0) is 56.0 Å². The van der Waals surface area contributed by atoms with E-state index in [0.717, 1.165) is 36.3 Å². The van der Waals surface area contributed by atoms with Gasteiger partial charge in [-0.2, -0.15) is 0 Å². The molecule has 1 aliphatic heterocycles. The maximum Gasteiger partial charge on any atom is 0.224 e. The van der Waals surface area contributed by atoms with Crippen molar-refractivity contribution in [1.29, 1.82) is 0 Å². The molecule has 6 heteroatoms. The molecular weight excluding hydrogens is 374 g/mol. The number of hydrogen-bond acceptors (Lipinski definition) is 4. The number of nitrogens with one attached hydrogen (secondary N) is 2. The first kappa shape index (κ1) is 20.4. The smallest absolute Gasteiger partial charge is 0.224 e. The number of halogens is 1. The molecule has 1 amide bonds. The van der Waals surface area contributed by atoms with E-state index in [-0.39, 0.29) is 18.3 Å². The third-order valence-electron chi connectivity index (χ3n) is 5.15. The van der Waals surface area contributed by atoms with E-state index < -0.39 is 0 Å². The van der Waals surface area contributed by atoms with E-state index in [1.54, 1.807) is 0 Å². The van der Waals surface area contributed by atoms with E-state index in [1.807, 2.05) is 36.4 Å². The molecular formula is C22H26ClN3O2. The van der Waals surface area contributed by atoms with Gasteiger partial charge in [0.05, 0.1) is 0 Å². The quantitative estimate of drug-likeness (QED) is 0.637. The molecule has 0 radical (unpaired) electrons. The Morgan fingerprint density at radius 1 is 1.14 bits per heavy atom. The Kier molecular flexibility index (Phi) is 7.06. The van der Waals surface area contributed by atoms with E-state index in [4.69, 9.17) is 4.42 Å². The molecule has 0 spiro atoms. The zero-order chi connectivity index (χ0) is 18.5. The average molecular weight is 400 g/mol. The Morgan fingerprint density at radius 2 is 1.93 bits per heavy atom. The Balaban J connectivity index is 0.00000225. The average Bonchev–Trinajstić information content (AvgIpc) is 3.09. The van der Waals surface area contributed by atoms with Crippen LogP contribution in [0, 0.1) is 5.92 Å². The number of amides is 1. The van der Waals surface area contributed by atoms with Crippen molar-refractivity contribution in [3.63, 3.8) is 0 Å². The first-order valence-corrected chi connectivity index (χ1v) is 9.70. The molecule has 5 nitrogen and oxygen atoms in total. The standard InChI is InChI=1S/C22H25N3O2.ClH/c26-21(9-6-16-10-12-23-13-11-16)24-18-7-8-19-20(15-18)27-22(25-19)14-17-4-2-1-3-5-17;/h1-5,7-8,15-16,23H,6,9-14H2,(H,24,26);1H. The summed E-state index contributed by atoms with van der Waals surface area (Å²) < 4.78 is 5.88. The number of hydrogen-bond donors (Lipinski definition) is 2. The summed E-state index contributed by atoms with van der Waals surface area (Å²) in [6.45, 7) is 2.14. The molecule has 28 heavy (non-hydrogen) atoms. The Morgan fingerprint density at radius 3 is 2.71 bits per heavy atom. The van der Waals surface area contributed by atoms with Crippen LogP contribution in [0.1, 0.15) is 37.1 Å². The summed E-state index contributed by atoms with van der Waals surface area (Å²) in [5, 5.41) is 6.35. The number of fused-ring (bicyclic) bond motifs is 1. The van der Waals surface area contributed by atoms with Crippen molar-refractivity contribution in [3.05, 3.63) is 60.0 Å². The van der Waals surface area contributed by atoms with Gasteiger partial charge in [-0.15, -0.1) is 12.4 Å². The molecule has 0 unspecified atom stereocenters. The summed E-state index contributed by atoms with van der Waals surface area (Å²) in [5.41, 5.74) is 3.45. The Labute approximate surface area is 171 Å². The van der Waals surface area contributed by atoms with Crippen LogP contribution in [0.4, 0.5) is 5.69 Å². The number of carbonyl (C=O) groups is 1. The van der Waals surface area contributed by atoms with Crippen molar-refractivity contribution >= 4 is 35.1 Å². The molecule has 2 aromatic carbocycles. The van der Waals surface area contributed by atoms with Gasteiger partial charge in [-0.3, -0.25) is 4.79 Å². The molecule has 1 fully saturated rings. The van der Waals surface area contributed by atoms with Crippen LogP contribution < -0.4 is 10.6 Å². The SMILES string of the molecule is Cl.O=C(CCC1CCNCC1)Nc1ccc2nc(Cc3ccccc3)oc2c1. The summed E-state index contributed by atoms with van der Waals surface area (Å²) in [6.07, 6.45) is 4.52. The van der Waals surface area contributed by atoms with Gasteiger partial charge in [-0.1, -0.05) is 30.3 Å². The van der Waals surface area contributed by atoms with Crippen LogP contribution in [0.5, 0.6) is 0 Å². The summed E-state index contributed by atoms with van der Waals surface area (Å²) in [5.74, 6) is 1.41. The highest BCUT2D eigenvalue weighted by molar-refractivity contribution is 5.92. The minimum absolute atomic E-state index is 0. The lowest BCUT2D eigenvalue weighted by Crippen LogP contribution is -2.28. The summed E-state index contributed by atoms with van der Waals surface area (Å²) >= 11 is 0. The highest BCUT2D eigenvalue weighted by Gasteiger charge is 2.15. The van der Waals surface area contributed by atoms with E-state index in [0.29, 0.717) is 30.2 Å². The molecule has 4 rings (SSSR count). The highest BCUT2D eigenvalue weighted by Crippen LogP contribution is 2.23. The molecule has 0 bridgehead atoms. The number of carbonyl (C=O) groups excluding carboxylic acids is 1. The lowest BCUT2D eigenvalue weighted by atomic mass is 9.93. The normalized spacial score (nSPS) is 14.6. The van der Waals surface area contributed by atoms with Crippen molar-refractivity contribution in [1.82, 2.24) is 10.3 Å². The number of nitrogens with zero attached hydrogens (tertiary/aromatic N) is 1. The third-order valence-corrected chi connectivity index (χ3v) is 5.15. The van der Waals surface area contributed by atoms with Gasteiger partial charge >= 0.3 is 0 Å². The number of aromatic nitrogens is 1. The molecule has 0 atom stereocenters. The monoisotopic (exact) mass is 399 g/mol. The Bertz CT molecular complexity index is 905. The topological polar surface area (TPSA) is 67.2 Å². The Hall–Kier alpha value is -2.37. The molecule has 2 heterocycles. The van der Waals surface area contributed by atoms with Crippen LogP contribution in [0.2, 0.25) is 0 Å². The first-order chi connectivity index (χ1) is 13.3.